The van der Waals surface area contributed by atoms with Crippen molar-refractivity contribution in [2.24, 2.45) is 10.9 Å². The van der Waals surface area contributed by atoms with Crippen LogP contribution in [0.3, 0.4) is 0 Å². The van der Waals surface area contributed by atoms with Crippen molar-refractivity contribution in [2.75, 3.05) is 26.2 Å². The molecule has 0 aromatic heterocycles. The van der Waals surface area contributed by atoms with Crippen molar-refractivity contribution < 1.29 is 14.2 Å². The Kier molecular flexibility index (Phi) is 9.84. The Balaban J connectivity index is 2.38. The summed E-state index contributed by atoms with van der Waals surface area (Å²) in [5, 5.41) is 16.3. The minimum atomic E-state index is -0.688. The third-order valence-corrected chi connectivity index (χ3v) is 3.77. The molecule has 3 N–H and O–H groups in total. The molecule has 0 radical (unpaired) electrons. The quantitative estimate of drug-likeness (QED) is 0.453. The van der Waals surface area contributed by atoms with E-state index in [-0.39, 0.29) is 12.4 Å². The largest absolute Gasteiger partial charge is 0.491 e. The lowest BCUT2D eigenvalue weighted by Crippen LogP contribution is -2.42. The van der Waals surface area contributed by atoms with Crippen LogP contribution >= 0.6 is 0 Å². The van der Waals surface area contributed by atoms with E-state index in [1.165, 1.54) is 24.3 Å². The fraction of sp³-hybridized carbons (Fsp3) is 0.611. The molecule has 1 aromatic rings. The van der Waals surface area contributed by atoms with Gasteiger partial charge in [-0.05, 0) is 37.1 Å². The topological polar surface area (TPSA) is 65.9 Å². The van der Waals surface area contributed by atoms with Crippen LogP contribution in [0.1, 0.15) is 33.6 Å². The summed E-state index contributed by atoms with van der Waals surface area (Å²) in [6, 6.07) is 5.73. The molecule has 0 aliphatic heterocycles. The van der Waals surface area contributed by atoms with Crippen molar-refractivity contribution in [3.8, 4) is 5.75 Å². The zero-order valence-corrected chi connectivity index (χ0v) is 14.9. The van der Waals surface area contributed by atoms with Crippen molar-refractivity contribution in [3.05, 3.63) is 30.1 Å². The fourth-order valence-corrected chi connectivity index (χ4v) is 2.11. The Morgan fingerprint density at radius 1 is 1.17 bits per heavy atom. The van der Waals surface area contributed by atoms with E-state index in [9.17, 15) is 9.50 Å². The minimum absolute atomic E-state index is 0.130. The lowest BCUT2D eigenvalue weighted by Gasteiger charge is -2.17. The van der Waals surface area contributed by atoms with Gasteiger partial charge >= 0.3 is 0 Å². The molecule has 24 heavy (non-hydrogen) atoms. The average Bonchev–Trinajstić information content (AvgIpc) is 2.59. The molecule has 0 spiro atoms. The first-order valence-electron chi connectivity index (χ1n) is 8.67. The van der Waals surface area contributed by atoms with Gasteiger partial charge in [-0.3, -0.25) is 4.99 Å². The molecule has 0 saturated carbocycles. The summed E-state index contributed by atoms with van der Waals surface area (Å²) in [6.45, 7) is 8.32. The molecule has 0 aliphatic rings. The summed E-state index contributed by atoms with van der Waals surface area (Å²) >= 11 is 0. The van der Waals surface area contributed by atoms with Gasteiger partial charge in [-0.15, -0.1) is 0 Å². The summed E-state index contributed by atoms with van der Waals surface area (Å²) < 4.78 is 18.2. The summed E-state index contributed by atoms with van der Waals surface area (Å²) in [5.74, 6) is 1.50. The summed E-state index contributed by atoms with van der Waals surface area (Å²) in [4.78, 5) is 4.56. The first kappa shape index (κ1) is 20.2. The molecule has 1 unspecified atom stereocenters. The van der Waals surface area contributed by atoms with Crippen LogP contribution in [0, 0.1) is 11.7 Å². The standard InChI is InChI=1S/C18H30FN3O2/c1-4-14(5-2)11-21-18(20-6-3)22-12-16(23)13-24-17-9-7-15(19)8-10-17/h7-10,14,16,23H,4-6,11-13H2,1-3H3,(H2,20,21,22). The average molecular weight is 339 g/mol. The highest BCUT2D eigenvalue weighted by molar-refractivity contribution is 5.79. The molecule has 1 rings (SSSR count). The number of benzene rings is 1. The number of nitrogens with zero attached hydrogens (tertiary/aromatic N) is 1. The van der Waals surface area contributed by atoms with E-state index in [1.807, 2.05) is 6.92 Å². The third kappa shape index (κ3) is 8.15. The zero-order valence-electron chi connectivity index (χ0n) is 14.9. The number of ether oxygens (including phenoxy) is 1. The third-order valence-electron chi connectivity index (χ3n) is 3.77. The monoisotopic (exact) mass is 339 g/mol. The molecule has 1 atom stereocenters. The molecule has 0 fully saturated rings. The maximum Gasteiger partial charge on any atom is 0.191 e. The van der Waals surface area contributed by atoms with E-state index in [4.69, 9.17) is 4.74 Å². The molecular weight excluding hydrogens is 309 g/mol. The molecule has 0 saturated heterocycles. The van der Waals surface area contributed by atoms with Gasteiger partial charge in [0.05, 0.1) is 0 Å². The van der Waals surface area contributed by atoms with Crippen LogP contribution in [-0.4, -0.2) is 43.4 Å². The SMILES string of the molecule is CCNC(=NCC(CC)CC)NCC(O)COc1ccc(F)cc1. The van der Waals surface area contributed by atoms with Gasteiger partial charge in [-0.1, -0.05) is 26.7 Å². The molecule has 0 aliphatic carbocycles. The number of nitrogens with one attached hydrogen (secondary N) is 2. The molecule has 1 aromatic carbocycles. The Bertz CT molecular complexity index is 476. The summed E-state index contributed by atoms with van der Waals surface area (Å²) in [6.07, 6.45) is 1.52. The maximum absolute atomic E-state index is 12.8. The van der Waals surface area contributed by atoms with E-state index in [0.717, 1.165) is 25.9 Å². The van der Waals surface area contributed by atoms with Crippen LogP contribution in [-0.2, 0) is 0 Å². The molecule has 136 valence electrons. The van der Waals surface area contributed by atoms with Crippen LogP contribution in [0.25, 0.3) is 0 Å². The van der Waals surface area contributed by atoms with Gasteiger partial charge in [0.1, 0.15) is 24.3 Å². The van der Waals surface area contributed by atoms with Crippen LogP contribution < -0.4 is 15.4 Å². The number of aliphatic hydroxyl groups is 1. The number of hydrogen-bond donors (Lipinski definition) is 3. The van der Waals surface area contributed by atoms with Gasteiger partial charge in [-0.2, -0.15) is 0 Å². The maximum atomic E-state index is 12.8. The van der Waals surface area contributed by atoms with Crippen LogP contribution in [0.2, 0.25) is 0 Å². The lowest BCUT2D eigenvalue weighted by molar-refractivity contribution is 0.110. The Morgan fingerprint density at radius 3 is 2.42 bits per heavy atom. The van der Waals surface area contributed by atoms with Crippen molar-refractivity contribution in [3.63, 3.8) is 0 Å². The second-order valence-electron chi connectivity index (χ2n) is 5.70. The molecule has 0 amide bonds. The van der Waals surface area contributed by atoms with Gasteiger partial charge < -0.3 is 20.5 Å². The van der Waals surface area contributed by atoms with E-state index in [0.29, 0.717) is 24.2 Å². The highest BCUT2D eigenvalue weighted by atomic mass is 19.1. The second-order valence-corrected chi connectivity index (χ2v) is 5.70. The Labute approximate surface area is 144 Å². The zero-order chi connectivity index (χ0) is 17.8. The Morgan fingerprint density at radius 2 is 1.83 bits per heavy atom. The number of guanidine groups is 1. The smallest absolute Gasteiger partial charge is 0.191 e. The minimum Gasteiger partial charge on any atom is -0.491 e. The van der Waals surface area contributed by atoms with Gasteiger partial charge in [0.2, 0.25) is 0 Å². The summed E-state index contributed by atoms with van der Waals surface area (Å²) in [7, 11) is 0. The van der Waals surface area contributed by atoms with Crippen LogP contribution in [0.4, 0.5) is 4.39 Å². The number of halogens is 1. The Hall–Kier alpha value is -1.82. The number of aliphatic imine (C=N–C) groups is 1. The van der Waals surface area contributed by atoms with Gasteiger partial charge in [-0.25, -0.2) is 4.39 Å². The lowest BCUT2D eigenvalue weighted by atomic mass is 10.0. The van der Waals surface area contributed by atoms with Crippen molar-refractivity contribution in [1.29, 1.82) is 0 Å². The molecule has 5 nitrogen and oxygen atoms in total. The van der Waals surface area contributed by atoms with Gasteiger partial charge in [0, 0.05) is 19.6 Å². The first-order chi connectivity index (χ1) is 11.6. The normalized spacial score (nSPS) is 13.0. The number of aliphatic hydroxyl groups excluding tert-OH is 1. The first-order valence-corrected chi connectivity index (χ1v) is 8.67. The predicted molar refractivity (Wildman–Crippen MR) is 96.0 cm³/mol. The van der Waals surface area contributed by atoms with E-state index >= 15 is 0 Å². The van der Waals surface area contributed by atoms with Gasteiger partial charge in [0.25, 0.3) is 0 Å². The fourth-order valence-electron chi connectivity index (χ4n) is 2.11. The number of hydrogen-bond acceptors (Lipinski definition) is 3. The van der Waals surface area contributed by atoms with E-state index in [2.05, 4.69) is 29.5 Å². The van der Waals surface area contributed by atoms with Crippen LogP contribution in [0.5, 0.6) is 5.75 Å². The predicted octanol–water partition coefficient (Wildman–Crippen LogP) is 2.56. The molecule has 6 heteroatoms. The molecule has 0 heterocycles. The van der Waals surface area contributed by atoms with Crippen molar-refractivity contribution >= 4 is 5.96 Å². The molecule has 0 bridgehead atoms. The highest BCUT2D eigenvalue weighted by Gasteiger charge is 2.08. The molecular formula is C18H30FN3O2. The second kappa shape index (κ2) is 11.7. The van der Waals surface area contributed by atoms with E-state index < -0.39 is 6.10 Å². The van der Waals surface area contributed by atoms with Crippen molar-refractivity contribution in [2.45, 2.75) is 39.7 Å². The number of rotatable bonds is 10. The van der Waals surface area contributed by atoms with Crippen molar-refractivity contribution in [1.82, 2.24) is 10.6 Å². The van der Waals surface area contributed by atoms with Gasteiger partial charge in [0.15, 0.2) is 5.96 Å². The highest BCUT2D eigenvalue weighted by Crippen LogP contribution is 2.11. The van der Waals surface area contributed by atoms with E-state index in [1.54, 1.807) is 0 Å². The summed E-state index contributed by atoms with van der Waals surface area (Å²) in [5.41, 5.74) is 0. The van der Waals surface area contributed by atoms with Crippen LogP contribution in [0.15, 0.2) is 29.3 Å².